The maximum absolute atomic E-state index is 10.5. The van der Waals surface area contributed by atoms with Gasteiger partial charge in [-0.15, -0.1) is 24.8 Å². The summed E-state index contributed by atoms with van der Waals surface area (Å²) in [5, 5.41) is 21.0. The third-order valence-electron chi connectivity index (χ3n) is 7.55. The Bertz CT molecular complexity index is 1500. The van der Waals surface area contributed by atoms with Crippen LogP contribution in [-0.2, 0) is 32.5 Å². The van der Waals surface area contributed by atoms with Crippen LogP contribution in [0.2, 0.25) is 0 Å². The van der Waals surface area contributed by atoms with E-state index < -0.39 is 0 Å². The SMILES string of the molecule is CC(C)c1ccccc1N=Cc1cccc(C(C)(C)C)c1O.CC(C)c1ccccc1N=Cc1cccc(C(C)(C)C)c1O.Cl.Cl.[Ti]. The molecule has 0 spiro atoms. The van der Waals surface area contributed by atoms with Crippen molar-refractivity contribution in [3.8, 4) is 11.5 Å². The van der Waals surface area contributed by atoms with Gasteiger partial charge in [0.2, 0.25) is 0 Å². The smallest absolute Gasteiger partial charge is 0.128 e. The van der Waals surface area contributed by atoms with Gasteiger partial charge < -0.3 is 10.2 Å². The Balaban J connectivity index is 0.000000846. The average molecular weight is 712 g/mol. The first-order chi connectivity index (χ1) is 20.6. The van der Waals surface area contributed by atoms with Crippen LogP contribution in [0.1, 0.15) is 114 Å². The Morgan fingerprint density at radius 2 is 0.830 bits per heavy atom. The molecule has 0 bridgehead atoms. The van der Waals surface area contributed by atoms with Crippen molar-refractivity contribution < 1.29 is 31.9 Å². The standard InChI is InChI=1S/2C20H25NO.2ClH.Ti/c2*1-14(2)16-10-6-7-12-18(16)21-13-15-9-8-11-17(19(15)22)20(3,4)5;;;/h2*6-14,22H,1-5H3;2*1H;. The molecule has 0 saturated heterocycles. The minimum Gasteiger partial charge on any atom is -0.507 e. The van der Waals surface area contributed by atoms with Crippen LogP contribution in [0.15, 0.2) is 94.9 Å². The maximum Gasteiger partial charge on any atom is 0.128 e. The number of rotatable bonds is 6. The van der Waals surface area contributed by atoms with E-state index in [4.69, 9.17) is 0 Å². The second-order valence-electron chi connectivity index (χ2n) is 13.9. The first-order valence-corrected chi connectivity index (χ1v) is 15.5. The quantitative estimate of drug-likeness (QED) is 0.154. The van der Waals surface area contributed by atoms with Crippen LogP contribution in [0.25, 0.3) is 0 Å². The number of aliphatic imine (C=N–C) groups is 2. The van der Waals surface area contributed by atoms with Crippen LogP contribution in [0.5, 0.6) is 11.5 Å². The van der Waals surface area contributed by atoms with Crippen LogP contribution >= 0.6 is 24.8 Å². The third kappa shape index (κ3) is 12.3. The Labute approximate surface area is 310 Å². The molecule has 4 nitrogen and oxygen atoms in total. The zero-order valence-corrected chi connectivity index (χ0v) is 32.7. The molecule has 4 aromatic rings. The Kier molecular flexibility index (Phi) is 18.0. The number of aromatic hydroxyl groups is 2. The molecule has 2 N–H and O–H groups in total. The van der Waals surface area contributed by atoms with E-state index in [1.807, 2.05) is 72.8 Å². The van der Waals surface area contributed by atoms with Crippen LogP contribution in [-0.4, -0.2) is 22.6 Å². The summed E-state index contributed by atoms with van der Waals surface area (Å²) in [6.07, 6.45) is 3.51. The number of halogens is 2. The summed E-state index contributed by atoms with van der Waals surface area (Å²) < 4.78 is 0. The van der Waals surface area contributed by atoms with Crippen molar-refractivity contribution in [1.29, 1.82) is 0 Å². The topological polar surface area (TPSA) is 65.2 Å². The van der Waals surface area contributed by atoms with E-state index in [0.717, 1.165) is 33.6 Å². The number of para-hydroxylation sites is 4. The predicted molar refractivity (Wildman–Crippen MR) is 204 cm³/mol. The summed E-state index contributed by atoms with van der Waals surface area (Å²) in [6.45, 7) is 21.2. The second kappa shape index (κ2) is 19.2. The molecule has 0 aromatic heterocycles. The van der Waals surface area contributed by atoms with Gasteiger partial charge in [0.25, 0.3) is 0 Å². The van der Waals surface area contributed by atoms with Crippen LogP contribution in [0.4, 0.5) is 11.4 Å². The third-order valence-corrected chi connectivity index (χ3v) is 7.55. The van der Waals surface area contributed by atoms with Gasteiger partial charge in [-0.05, 0) is 69.2 Å². The fraction of sp³-hybridized carbons (Fsp3) is 0.350. The van der Waals surface area contributed by atoms with Crippen molar-refractivity contribution in [3.05, 3.63) is 118 Å². The number of hydrogen-bond donors (Lipinski definition) is 2. The van der Waals surface area contributed by atoms with Crippen molar-refractivity contribution in [3.63, 3.8) is 0 Å². The van der Waals surface area contributed by atoms with E-state index in [1.165, 1.54) is 11.1 Å². The first-order valence-electron chi connectivity index (χ1n) is 15.5. The van der Waals surface area contributed by atoms with E-state index in [2.05, 4.69) is 91.4 Å². The molecule has 0 aliphatic rings. The van der Waals surface area contributed by atoms with Gasteiger partial charge in [0.1, 0.15) is 11.5 Å². The molecule has 252 valence electrons. The predicted octanol–water partition coefficient (Wildman–Crippen LogP) is 12.0. The molecule has 0 fully saturated rings. The van der Waals surface area contributed by atoms with Gasteiger partial charge in [0.15, 0.2) is 0 Å². The molecule has 0 heterocycles. The molecule has 0 amide bonds. The Morgan fingerprint density at radius 3 is 1.13 bits per heavy atom. The normalized spacial score (nSPS) is 11.5. The van der Waals surface area contributed by atoms with Crippen LogP contribution in [0.3, 0.4) is 0 Å². The molecule has 4 aromatic carbocycles. The van der Waals surface area contributed by atoms with Crippen molar-refractivity contribution >= 4 is 48.6 Å². The largest absolute Gasteiger partial charge is 0.507 e. The average Bonchev–Trinajstić information content (AvgIpc) is 2.95. The fourth-order valence-electron chi connectivity index (χ4n) is 5.01. The van der Waals surface area contributed by atoms with Crippen molar-refractivity contribution in [2.24, 2.45) is 9.98 Å². The Morgan fingerprint density at radius 1 is 0.511 bits per heavy atom. The fourth-order valence-corrected chi connectivity index (χ4v) is 5.01. The monoisotopic (exact) mass is 710 g/mol. The van der Waals surface area contributed by atoms with Gasteiger partial charge in [0, 0.05) is 45.3 Å². The second-order valence-corrected chi connectivity index (χ2v) is 13.9. The van der Waals surface area contributed by atoms with Gasteiger partial charge in [0.05, 0.1) is 11.4 Å². The van der Waals surface area contributed by atoms with E-state index in [9.17, 15) is 10.2 Å². The summed E-state index contributed by atoms with van der Waals surface area (Å²) >= 11 is 0. The maximum atomic E-state index is 10.5. The summed E-state index contributed by atoms with van der Waals surface area (Å²) in [5.74, 6) is 1.48. The van der Waals surface area contributed by atoms with Gasteiger partial charge in [-0.2, -0.15) is 0 Å². The van der Waals surface area contributed by atoms with Crippen LogP contribution < -0.4 is 0 Å². The number of hydrogen-bond acceptors (Lipinski definition) is 4. The van der Waals surface area contributed by atoms with Gasteiger partial charge >= 0.3 is 0 Å². The number of phenols is 2. The zero-order chi connectivity index (χ0) is 32.7. The minimum absolute atomic E-state index is 0. The van der Waals surface area contributed by atoms with Crippen molar-refractivity contribution in [2.45, 2.75) is 91.9 Å². The molecule has 0 unspecified atom stereocenters. The van der Waals surface area contributed by atoms with Gasteiger partial charge in [-0.3, -0.25) is 9.98 Å². The summed E-state index contributed by atoms with van der Waals surface area (Å²) in [4.78, 5) is 9.19. The molecular weight excluding hydrogens is 659 g/mol. The summed E-state index contributed by atoms with van der Waals surface area (Å²) in [5.41, 5.74) is 7.54. The van der Waals surface area contributed by atoms with Crippen molar-refractivity contribution in [1.82, 2.24) is 0 Å². The summed E-state index contributed by atoms with van der Waals surface area (Å²) in [6, 6.07) is 27.9. The van der Waals surface area contributed by atoms with E-state index in [-0.39, 0.29) is 57.4 Å². The molecule has 0 atom stereocenters. The van der Waals surface area contributed by atoms with Gasteiger partial charge in [-0.25, -0.2) is 0 Å². The molecule has 7 heteroatoms. The first kappa shape index (κ1) is 44.1. The zero-order valence-electron chi connectivity index (χ0n) is 29.5. The molecule has 0 radical (unpaired) electrons. The minimum atomic E-state index is -0.0935. The number of nitrogens with zero attached hydrogens (tertiary/aromatic N) is 2. The molecule has 0 aliphatic heterocycles. The number of benzene rings is 4. The Hall–Kier alpha value is -2.89. The van der Waals surface area contributed by atoms with Crippen LogP contribution in [0, 0.1) is 0 Å². The summed E-state index contributed by atoms with van der Waals surface area (Å²) in [7, 11) is 0. The molecule has 4 rings (SSSR count). The van der Waals surface area contributed by atoms with E-state index in [1.54, 1.807) is 12.4 Å². The molecule has 0 aliphatic carbocycles. The van der Waals surface area contributed by atoms with Gasteiger partial charge in [-0.1, -0.05) is 130 Å². The molecular formula is C40H52Cl2N2O2Ti. The van der Waals surface area contributed by atoms with E-state index >= 15 is 0 Å². The number of phenolic OH excluding ortho intramolecular Hbond substituents is 2. The molecule has 47 heavy (non-hydrogen) atoms. The van der Waals surface area contributed by atoms with E-state index in [0.29, 0.717) is 23.3 Å². The van der Waals surface area contributed by atoms with Crippen molar-refractivity contribution in [2.75, 3.05) is 0 Å². The molecule has 0 saturated carbocycles.